The Morgan fingerprint density at radius 1 is 1.42 bits per heavy atom. The zero-order valence-electron chi connectivity index (χ0n) is 14.4. The molecule has 2 heterocycles. The summed E-state index contributed by atoms with van der Waals surface area (Å²) < 4.78 is 6.01. The van der Waals surface area contributed by atoms with Crippen molar-refractivity contribution >= 4 is 17.8 Å². The molecule has 24 heavy (non-hydrogen) atoms. The van der Waals surface area contributed by atoms with Crippen molar-refractivity contribution < 1.29 is 9.53 Å². The standard InChI is InChI=1S/C19H28N2O2S/c1-15(7-8-16-5-3-2-4-6-16)20-18(22)21-17-9-11-23-19(13-17)10-12-24-14-19/h2-6,15,17H,7-14H2,1H3,(H2,20,21,22). The Morgan fingerprint density at radius 2 is 2.25 bits per heavy atom. The number of benzene rings is 1. The van der Waals surface area contributed by atoms with Crippen LogP contribution in [0.15, 0.2) is 30.3 Å². The number of urea groups is 1. The summed E-state index contributed by atoms with van der Waals surface area (Å²) in [5.41, 5.74) is 1.33. The molecule has 5 heteroatoms. The third-order valence-electron chi connectivity index (χ3n) is 4.98. The van der Waals surface area contributed by atoms with Crippen LogP contribution in [0.5, 0.6) is 0 Å². The van der Waals surface area contributed by atoms with Gasteiger partial charge in [-0.05, 0) is 50.3 Å². The van der Waals surface area contributed by atoms with Crippen molar-refractivity contribution in [1.29, 1.82) is 0 Å². The van der Waals surface area contributed by atoms with Gasteiger partial charge in [-0.1, -0.05) is 30.3 Å². The summed E-state index contributed by atoms with van der Waals surface area (Å²) in [7, 11) is 0. The topological polar surface area (TPSA) is 50.4 Å². The molecule has 2 fully saturated rings. The van der Waals surface area contributed by atoms with Crippen LogP contribution in [0, 0.1) is 0 Å². The average molecular weight is 349 g/mol. The molecular weight excluding hydrogens is 320 g/mol. The van der Waals surface area contributed by atoms with E-state index in [1.54, 1.807) is 0 Å². The normalized spacial score (nSPS) is 27.8. The molecule has 3 unspecified atom stereocenters. The van der Waals surface area contributed by atoms with E-state index in [0.29, 0.717) is 0 Å². The molecule has 132 valence electrons. The van der Waals surface area contributed by atoms with Crippen molar-refractivity contribution in [1.82, 2.24) is 10.6 Å². The lowest BCUT2D eigenvalue weighted by molar-refractivity contribution is -0.0684. The highest BCUT2D eigenvalue weighted by Crippen LogP contribution is 2.38. The first-order valence-corrected chi connectivity index (χ1v) is 10.1. The second kappa shape index (κ2) is 8.26. The third kappa shape index (κ3) is 4.90. The molecule has 0 aromatic heterocycles. The van der Waals surface area contributed by atoms with Crippen LogP contribution in [0.1, 0.15) is 38.2 Å². The van der Waals surface area contributed by atoms with E-state index >= 15 is 0 Å². The zero-order chi connectivity index (χ0) is 16.8. The number of hydrogen-bond donors (Lipinski definition) is 2. The first-order valence-electron chi connectivity index (χ1n) is 8.98. The summed E-state index contributed by atoms with van der Waals surface area (Å²) in [6.07, 6.45) is 4.92. The van der Waals surface area contributed by atoms with Crippen LogP contribution in [-0.2, 0) is 11.2 Å². The number of hydrogen-bond acceptors (Lipinski definition) is 3. The van der Waals surface area contributed by atoms with Crippen LogP contribution in [0.4, 0.5) is 4.79 Å². The highest BCUT2D eigenvalue weighted by atomic mass is 32.2. The summed E-state index contributed by atoms with van der Waals surface area (Å²) in [5.74, 6) is 2.25. The maximum atomic E-state index is 12.3. The molecule has 1 aromatic rings. The Labute approximate surface area is 149 Å². The molecule has 2 aliphatic rings. The molecule has 0 bridgehead atoms. The third-order valence-corrected chi connectivity index (χ3v) is 6.20. The van der Waals surface area contributed by atoms with Crippen molar-refractivity contribution in [3.8, 4) is 0 Å². The second-order valence-electron chi connectivity index (χ2n) is 7.07. The Hall–Kier alpha value is -1.20. The SMILES string of the molecule is CC(CCc1ccccc1)NC(=O)NC1CCOC2(CCSC2)C1. The van der Waals surface area contributed by atoms with Crippen molar-refractivity contribution in [3.63, 3.8) is 0 Å². The van der Waals surface area contributed by atoms with Gasteiger partial charge in [-0.25, -0.2) is 4.79 Å². The van der Waals surface area contributed by atoms with Crippen LogP contribution in [0.25, 0.3) is 0 Å². The molecule has 0 aliphatic carbocycles. The van der Waals surface area contributed by atoms with E-state index in [0.717, 1.165) is 44.5 Å². The number of aryl methyl sites for hydroxylation is 1. The number of carbonyl (C=O) groups is 1. The molecule has 3 rings (SSSR count). The maximum absolute atomic E-state index is 12.3. The molecule has 1 spiro atoms. The molecule has 2 saturated heterocycles. The molecule has 2 aliphatic heterocycles. The first kappa shape index (κ1) is 17.6. The van der Waals surface area contributed by atoms with Gasteiger partial charge in [-0.2, -0.15) is 11.8 Å². The molecule has 2 amide bonds. The van der Waals surface area contributed by atoms with E-state index in [1.807, 2.05) is 17.8 Å². The van der Waals surface area contributed by atoms with Gasteiger partial charge in [0, 0.05) is 24.4 Å². The van der Waals surface area contributed by atoms with Crippen LogP contribution in [0.3, 0.4) is 0 Å². The largest absolute Gasteiger partial charge is 0.374 e. The van der Waals surface area contributed by atoms with E-state index < -0.39 is 0 Å². The molecule has 2 N–H and O–H groups in total. The lowest BCUT2D eigenvalue weighted by atomic mass is 9.90. The van der Waals surface area contributed by atoms with Crippen molar-refractivity contribution in [2.24, 2.45) is 0 Å². The zero-order valence-corrected chi connectivity index (χ0v) is 15.2. The summed E-state index contributed by atoms with van der Waals surface area (Å²) in [4.78, 5) is 12.3. The lowest BCUT2D eigenvalue weighted by Gasteiger charge is -2.38. The van der Waals surface area contributed by atoms with Crippen LogP contribution in [-0.4, -0.2) is 41.8 Å². The fourth-order valence-electron chi connectivity index (χ4n) is 3.57. The Bertz CT molecular complexity index is 531. The van der Waals surface area contributed by atoms with E-state index in [2.05, 4.69) is 41.8 Å². The molecular formula is C19H28N2O2S. The number of nitrogens with one attached hydrogen (secondary N) is 2. The number of rotatable bonds is 5. The van der Waals surface area contributed by atoms with Gasteiger partial charge >= 0.3 is 6.03 Å². The first-order chi connectivity index (χ1) is 11.7. The fourth-order valence-corrected chi connectivity index (χ4v) is 4.94. The predicted octanol–water partition coefficient (Wildman–Crippen LogP) is 3.36. The van der Waals surface area contributed by atoms with Gasteiger partial charge in [-0.3, -0.25) is 0 Å². The van der Waals surface area contributed by atoms with E-state index in [9.17, 15) is 4.79 Å². The molecule has 1 aromatic carbocycles. The lowest BCUT2D eigenvalue weighted by Crippen LogP contribution is -2.52. The van der Waals surface area contributed by atoms with E-state index in [-0.39, 0.29) is 23.7 Å². The fraction of sp³-hybridized carbons (Fsp3) is 0.632. The summed E-state index contributed by atoms with van der Waals surface area (Å²) in [6, 6.07) is 10.8. The van der Waals surface area contributed by atoms with Gasteiger partial charge in [0.2, 0.25) is 0 Å². The summed E-state index contributed by atoms with van der Waals surface area (Å²) in [6.45, 7) is 2.83. The van der Waals surface area contributed by atoms with Gasteiger partial charge in [-0.15, -0.1) is 0 Å². The number of carbonyl (C=O) groups excluding carboxylic acids is 1. The van der Waals surface area contributed by atoms with Crippen LogP contribution >= 0.6 is 11.8 Å². The Kier molecular flexibility index (Phi) is 6.06. The van der Waals surface area contributed by atoms with Gasteiger partial charge in [0.15, 0.2) is 0 Å². The minimum atomic E-state index is -0.0386. The van der Waals surface area contributed by atoms with Crippen LogP contribution in [0.2, 0.25) is 0 Å². The number of amides is 2. The molecule has 3 atom stereocenters. The highest BCUT2D eigenvalue weighted by molar-refractivity contribution is 7.99. The minimum Gasteiger partial charge on any atom is -0.374 e. The number of ether oxygens (including phenoxy) is 1. The van der Waals surface area contributed by atoms with Gasteiger partial charge < -0.3 is 15.4 Å². The molecule has 0 saturated carbocycles. The smallest absolute Gasteiger partial charge is 0.315 e. The minimum absolute atomic E-state index is 0.0137. The van der Waals surface area contributed by atoms with Gasteiger partial charge in [0.1, 0.15) is 0 Å². The van der Waals surface area contributed by atoms with Crippen LogP contribution < -0.4 is 10.6 Å². The monoisotopic (exact) mass is 348 g/mol. The average Bonchev–Trinajstić information content (AvgIpc) is 3.01. The summed E-state index contributed by atoms with van der Waals surface area (Å²) in [5, 5.41) is 6.24. The maximum Gasteiger partial charge on any atom is 0.315 e. The summed E-state index contributed by atoms with van der Waals surface area (Å²) >= 11 is 1.96. The Balaban J connectivity index is 1.40. The Morgan fingerprint density at radius 3 is 3.00 bits per heavy atom. The molecule has 4 nitrogen and oxygen atoms in total. The van der Waals surface area contributed by atoms with E-state index in [1.165, 1.54) is 11.3 Å². The molecule has 0 radical (unpaired) electrons. The quantitative estimate of drug-likeness (QED) is 0.858. The van der Waals surface area contributed by atoms with E-state index in [4.69, 9.17) is 4.74 Å². The van der Waals surface area contributed by atoms with Gasteiger partial charge in [0.25, 0.3) is 0 Å². The number of thioether (sulfide) groups is 1. The second-order valence-corrected chi connectivity index (χ2v) is 8.17. The van der Waals surface area contributed by atoms with Gasteiger partial charge in [0.05, 0.1) is 5.60 Å². The highest BCUT2D eigenvalue weighted by Gasteiger charge is 2.40. The van der Waals surface area contributed by atoms with Crippen molar-refractivity contribution in [3.05, 3.63) is 35.9 Å². The van der Waals surface area contributed by atoms with Crippen molar-refractivity contribution in [2.75, 3.05) is 18.1 Å². The predicted molar refractivity (Wildman–Crippen MR) is 99.5 cm³/mol. The van der Waals surface area contributed by atoms with Crippen molar-refractivity contribution in [2.45, 2.75) is 56.7 Å².